The van der Waals surface area contributed by atoms with Gasteiger partial charge in [0.05, 0.1) is 0 Å². The minimum absolute atomic E-state index is 0.334. The van der Waals surface area contributed by atoms with Gasteiger partial charge in [0.15, 0.2) is 0 Å². The SMILES string of the molecule is Cc1ccsc1/C=C/C(=O)NC1(C(=O)O)CCC(C)CC1. The van der Waals surface area contributed by atoms with Gasteiger partial charge in [0, 0.05) is 11.0 Å². The molecule has 114 valence electrons. The maximum Gasteiger partial charge on any atom is 0.329 e. The van der Waals surface area contributed by atoms with Crippen LogP contribution in [0.3, 0.4) is 0 Å². The average Bonchev–Trinajstić information content (AvgIpc) is 2.84. The van der Waals surface area contributed by atoms with Crippen molar-refractivity contribution < 1.29 is 14.7 Å². The second-order valence-electron chi connectivity index (χ2n) is 5.86. The molecule has 0 atom stereocenters. The molecule has 0 radical (unpaired) electrons. The molecule has 0 spiro atoms. The van der Waals surface area contributed by atoms with Crippen molar-refractivity contribution in [3.05, 3.63) is 28.0 Å². The number of hydrogen-bond acceptors (Lipinski definition) is 3. The molecule has 1 aromatic rings. The van der Waals surface area contributed by atoms with Crippen LogP contribution in [0.2, 0.25) is 0 Å². The second kappa shape index (κ2) is 6.43. The van der Waals surface area contributed by atoms with E-state index < -0.39 is 11.5 Å². The van der Waals surface area contributed by atoms with Gasteiger partial charge in [0.2, 0.25) is 5.91 Å². The zero-order valence-electron chi connectivity index (χ0n) is 12.4. The zero-order valence-corrected chi connectivity index (χ0v) is 13.2. The molecule has 0 aromatic carbocycles. The van der Waals surface area contributed by atoms with Crippen LogP contribution in [-0.2, 0) is 9.59 Å². The van der Waals surface area contributed by atoms with Crippen molar-refractivity contribution in [1.82, 2.24) is 5.32 Å². The van der Waals surface area contributed by atoms with Gasteiger partial charge in [-0.25, -0.2) is 4.79 Å². The summed E-state index contributed by atoms with van der Waals surface area (Å²) in [5.41, 5.74) is 0.0156. The van der Waals surface area contributed by atoms with Gasteiger partial charge in [-0.1, -0.05) is 6.92 Å². The molecule has 4 nitrogen and oxygen atoms in total. The highest BCUT2D eigenvalue weighted by atomic mass is 32.1. The lowest BCUT2D eigenvalue weighted by atomic mass is 9.77. The van der Waals surface area contributed by atoms with Crippen molar-refractivity contribution in [1.29, 1.82) is 0 Å². The van der Waals surface area contributed by atoms with E-state index in [9.17, 15) is 14.7 Å². The van der Waals surface area contributed by atoms with Gasteiger partial charge in [0.25, 0.3) is 0 Å². The molecule has 1 fully saturated rings. The van der Waals surface area contributed by atoms with Gasteiger partial charge in [-0.05, 0) is 61.6 Å². The van der Waals surface area contributed by atoms with E-state index in [1.54, 1.807) is 17.4 Å². The first-order valence-electron chi connectivity index (χ1n) is 7.21. The van der Waals surface area contributed by atoms with Crippen molar-refractivity contribution >= 4 is 29.3 Å². The molecule has 1 aromatic heterocycles. The smallest absolute Gasteiger partial charge is 0.329 e. The summed E-state index contributed by atoms with van der Waals surface area (Å²) in [5, 5.41) is 14.2. The molecule has 0 bridgehead atoms. The summed E-state index contributed by atoms with van der Waals surface area (Å²) in [7, 11) is 0. The van der Waals surface area contributed by atoms with Crippen LogP contribution in [0.15, 0.2) is 17.5 Å². The Morgan fingerprint density at radius 2 is 2.10 bits per heavy atom. The molecule has 1 heterocycles. The van der Waals surface area contributed by atoms with Gasteiger partial charge in [-0.2, -0.15) is 0 Å². The number of thiophene rings is 1. The van der Waals surface area contributed by atoms with Gasteiger partial charge >= 0.3 is 5.97 Å². The fourth-order valence-electron chi connectivity index (χ4n) is 2.63. The molecule has 0 saturated heterocycles. The van der Waals surface area contributed by atoms with Crippen LogP contribution in [0.1, 0.15) is 43.0 Å². The van der Waals surface area contributed by atoms with Crippen molar-refractivity contribution in [2.24, 2.45) is 5.92 Å². The van der Waals surface area contributed by atoms with Crippen LogP contribution in [0.4, 0.5) is 0 Å². The minimum Gasteiger partial charge on any atom is -0.480 e. The predicted molar refractivity (Wildman–Crippen MR) is 84.2 cm³/mol. The Bertz CT molecular complexity index is 554. The molecular formula is C16H21NO3S. The van der Waals surface area contributed by atoms with E-state index in [-0.39, 0.29) is 5.91 Å². The Balaban J connectivity index is 2.04. The Kier molecular flexibility index (Phi) is 4.83. The highest BCUT2D eigenvalue weighted by Gasteiger charge is 2.42. The molecule has 0 aliphatic heterocycles. The number of carbonyl (C=O) groups excluding carboxylic acids is 1. The number of aliphatic carboxylic acids is 1. The second-order valence-corrected chi connectivity index (χ2v) is 6.81. The number of rotatable bonds is 4. The Morgan fingerprint density at radius 1 is 1.43 bits per heavy atom. The number of carboxylic acids is 1. The van der Waals surface area contributed by atoms with Gasteiger partial charge in [-0.3, -0.25) is 4.79 Å². The van der Waals surface area contributed by atoms with Crippen LogP contribution in [0.25, 0.3) is 6.08 Å². The first-order chi connectivity index (χ1) is 9.93. The van der Waals surface area contributed by atoms with Gasteiger partial charge in [0.1, 0.15) is 5.54 Å². The lowest BCUT2D eigenvalue weighted by Gasteiger charge is -2.36. The molecular weight excluding hydrogens is 286 g/mol. The lowest BCUT2D eigenvalue weighted by Crippen LogP contribution is -2.55. The van der Waals surface area contributed by atoms with Crippen molar-refractivity contribution in [2.75, 3.05) is 0 Å². The number of carboxylic acid groups (broad SMARTS) is 1. The molecule has 1 aliphatic rings. The molecule has 1 aliphatic carbocycles. The zero-order chi connectivity index (χ0) is 15.5. The van der Waals surface area contributed by atoms with E-state index in [0.29, 0.717) is 18.8 Å². The first-order valence-corrected chi connectivity index (χ1v) is 8.08. The minimum atomic E-state index is -1.10. The number of amides is 1. The molecule has 5 heteroatoms. The van der Waals surface area contributed by atoms with E-state index in [4.69, 9.17) is 0 Å². The number of carbonyl (C=O) groups is 2. The number of aryl methyl sites for hydroxylation is 1. The van der Waals surface area contributed by atoms with Crippen molar-refractivity contribution in [3.8, 4) is 0 Å². The lowest BCUT2D eigenvalue weighted by molar-refractivity contribution is -0.149. The summed E-state index contributed by atoms with van der Waals surface area (Å²) < 4.78 is 0. The summed E-state index contributed by atoms with van der Waals surface area (Å²) in [6.07, 6.45) is 5.85. The third-order valence-electron chi connectivity index (χ3n) is 4.19. The molecule has 1 saturated carbocycles. The molecule has 2 N–H and O–H groups in total. The summed E-state index contributed by atoms with van der Waals surface area (Å²) in [6, 6.07) is 1.99. The average molecular weight is 307 g/mol. The number of nitrogens with one attached hydrogen (secondary N) is 1. The third kappa shape index (κ3) is 3.73. The number of hydrogen-bond donors (Lipinski definition) is 2. The van der Waals surface area contributed by atoms with Crippen LogP contribution in [0, 0.1) is 12.8 Å². The van der Waals surface area contributed by atoms with E-state index in [0.717, 1.165) is 23.3 Å². The molecule has 1 amide bonds. The normalized spacial score (nSPS) is 25.9. The Labute approximate surface area is 128 Å². The van der Waals surface area contributed by atoms with E-state index in [2.05, 4.69) is 12.2 Å². The van der Waals surface area contributed by atoms with Crippen LogP contribution in [0.5, 0.6) is 0 Å². The van der Waals surface area contributed by atoms with Crippen molar-refractivity contribution in [2.45, 2.75) is 45.1 Å². The summed E-state index contributed by atoms with van der Waals surface area (Å²) in [4.78, 5) is 24.6. The first kappa shape index (κ1) is 15.8. The maximum absolute atomic E-state index is 12.1. The van der Waals surface area contributed by atoms with Crippen molar-refractivity contribution in [3.63, 3.8) is 0 Å². The molecule has 0 unspecified atom stereocenters. The fraction of sp³-hybridized carbons (Fsp3) is 0.500. The monoisotopic (exact) mass is 307 g/mol. The van der Waals surface area contributed by atoms with E-state index in [1.165, 1.54) is 6.08 Å². The topological polar surface area (TPSA) is 66.4 Å². The molecule has 2 rings (SSSR count). The third-order valence-corrected chi connectivity index (χ3v) is 5.17. The molecule has 21 heavy (non-hydrogen) atoms. The summed E-state index contributed by atoms with van der Waals surface area (Å²) in [6.45, 7) is 4.10. The van der Waals surface area contributed by atoms with Gasteiger partial charge in [-0.15, -0.1) is 11.3 Å². The largest absolute Gasteiger partial charge is 0.480 e. The Hall–Kier alpha value is -1.62. The summed E-state index contributed by atoms with van der Waals surface area (Å²) >= 11 is 1.56. The standard InChI is InChI=1S/C16H21NO3S/c1-11-5-8-16(9-6-11,15(19)20)17-14(18)4-3-13-12(2)7-10-21-13/h3-4,7,10-11H,5-6,8-9H2,1-2H3,(H,17,18)(H,19,20)/b4-3+. The quantitative estimate of drug-likeness (QED) is 0.839. The van der Waals surface area contributed by atoms with Crippen LogP contribution < -0.4 is 5.32 Å². The highest BCUT2D eigenvalue weighted by molar-refractivity contribution is 7.11. The predicted octanol–water partition coefficient (Wildman–Crippen LogP) is 3.22. The van der Waals surface area contributed by atoms with Crippen LogP contribution in [-0.4, -0.2) is 22.5 Å². The Morgan fingerprint density at radius 3 is 2.62 bits per heavy atom. The summed E-state index contributed by atoms with van der Waals surface area (Å²) in [5.74, 6) is -0.734. The van der Waals surface area contributed by atoms with E-state index >= 15 is 0 Å². The van der Waals surface area contributed by atoms with E-state index in [1.807, 2.05) is 18.4 Å². The highest BCUT2D eigenvalue weighted by Crippen LogP contribution is 2.32. The maximum atomic E-state index is 12.1. The fourth-order valence-corrected chi connectivity index (χ4v) is 3.45. The van der Waals surface area contributed by atoms with Crippen LogP contribution >= 0.6 is 11.3 Å². The van der Waals surface area contributed by atoms with Gasteiger partial charge < -0.3 is 10.4 Å².